The van der Waals surface area contributed by atoms with Crippen molar-refractivity contribution in [2.24, 2.45) is 0 Å². The lowest BCUT2D eigenvalue weighted by Crippen LogP contribution is -1.95. The third-order valence-corrected chi connectivity index (χ3v) is 2.90. The Labute approximate surface area is 100 Å². The lowest BCUT2D eigenvalue weighted by Gasteiger charge is -2.05. The van der Waals surface area contributed by atoms with E-state index in [1.54, 1.807) is 6.20 Å². The van der Waals surface area contributed by atoms with Crippen molar-refractivity contribution in [3.8, 4) is 11.1 Å². The molecule has 1 aromatic heterocycles. The van der Waals surface area contributed by atoms with Gasteiger partial charge >= 0.3 is 0 Å². The van der Waals surface area contributed by atoms with Crippen LogP contribution in [0.25, 0.3) is 11.1 Å². The predicted molar refractivity (Wildman–Crippen MR) is 64.6 cm³/mol. The zero-order valence-corrected chi connectivity index (χ0v) is 9.96. The number of hydrogen-bond donors (Lipinski definition) is 1. The van der Waals surface area contributed by atoms with Crippen molar-refractivity contribution < 1.29 is 0 Å². The van der Waals surface area contributed by atoms with Crippen LogP contribution in [0.3, 0.4) is 0 Å². The summed E-state index contributed by atoms with van der Waals surface area (Å²) in [6, 6.07) is 7.72. The molecule has 0 saturated heterocycles. The topological polar surface area (TPSA) is 51.8 Å². The van der Waals surface area contributed by atoms with E-state index in [1.165, 1.54) is 0 Å². The van der Waals surface area contributed by atoms with Gasteiger partial charge in [-0.25, -0.2) is 9.97 Å². The Hall–Kier alpha value is -1.13. The van der Waals surface area contributed by atoms with Crippen LogP contribution >= 0.6 is 27.5 Å². The number of nitrogen functional groups attached to an aromatic ring is 1. The molecule has 0 aliphatic heterocycles. The molecule has 1 heterocycles. The lowest BCUT2D eigenvalue weighted by atomic mass is 10.1. The summed E-state index contributed by atoms with van der Waals surface area (Å²) in [5, 5.41) is 0.356. The van der Waals surface area contributed by atoms with Crippen molar-refractivity contribution in [1.29, 1.82) is 0 Å². The van der Waals surface area contributed by atoms with E-state index in [-0.39, 0.29) is 5.95 Å². The average Bonchev–Trinajstić information content (AvgIpc) is 2.20. The first-order valence-corrected chi connectivity index (χ1v) is 5.38. The fourth-order valence-electron chi connectivity index (χ4n) is 1.23. The summed E-state index contributed by atoms with van der Waals surface area (Å²) in [6.07, 6.45) is 1.62. The first kappa shape index (κ1) is 10.4. The largest absolute Gasteiger partial charge is 0.368 e. The molecule has 0 saturated carbocycles. The van der Waals surface area contributed by atoms with Crippen LogP contribution in [0.1, 0.15) is 0 Å². The van der Waals surface area contributed by atoms with Gasteiger partial charge in [-0.05, 0) is 6.07 Å². The molecular weight excluding hydrogens is 277 g/mol. The molecule has 2 N–H and O–H groups in total. The van der Waals surface area contributed by atoms with Gasteiger partial charge in [-0.2, -0.15) is 0 Å². The second-order valence-electron chi connectivity index (χ2n) is 2.91. The number of nitrogens with zero attached hydrogens (tertiary/aromatic N) is 2. The minimum atomic E-state index is 0.177. The normalized spacial score (nSPS) is 10.3. The Bertz CT molecular complexity index is 502. The molecule has 0 spiro atoms. The van der Waals surface area contributed by atoms with E-state index >= 15 is 0 Å². The zero-order valence-electron chi connectivity index (χ0n) is 7.61. The molecule has 0 atom stereocenters. The van der Waals surface area contributed by atoms with Gasteiger partial charge in [-0.1, -0.05) is 45.7 Å². The van der Waals surface area contributed by atoms with Gasteiger partial charge in [0.25, 0.3) is 0 Å². The fourth-order valence-corrected chi connectivity index (χ4v) is 1.97. The molecule has 0 fully saturated rings. The number of nitrogens with two attached hydrogens (primary N) is 1. The van der Waals surface area contributed by atoms with Gasteiger partial charge in [0.1, 0.15) is 5.15 Å². The van der Waals surface area contributed by atoms with Crippen molar-refractivity contribution in [3.05, 3.63) is 40.1 Å². The second kappa shape index (κ2) is 4.16. The Kier molecular flexibility index (Phi) is 2.88. The number of anilines is 1. The molecule has 76 valence electrons. The highest BCUT2D eigenvalue weighted by Gasteiger charge is 2.08. The van der Waals surface area contributed by atoms with Crippen LogP contribution in [-0.2, 0) is 0 Å². The summed E-state index contributed by atoms with van der Waals surface area (Å²) in [6.45, 7) is 0. The fraction of sp³-hybridized carbons (Fsp3) is 0. The number of aromatic nitrogens is 2. The average molecular weight is 285 g/mol. The van der Waals surface area contributed by atoms with Crippen molar-refractivity contribution >= 4 is 33.5 Å². The molecule has 0 aliphatic rings. The van der Waals surface area contributed by atoms with Gasteiger partial charge in [-0.15, -0.1) is 0 Å². The molecule has 3 nitrogen and oxygen atoms in total. The molecule has 2 rings (SSSR count). The summed E-state index contributed by atoms with van der Waals surface area (Å²) < 4.78 is 0.945. The minimum Gasteiger partial charge on any atom is -0.368 e. The molecular formula is C10H7BrClN3. The highest BCUT2D eigenvalue weighted by molar-refractivity contribution is 9.10. The summed E-state index contributed by atoms with van der Waals surface area (Å²) in [4.78, 5) is 7.82. The SMILES string of the molecule is Nc1ncc(-c2ccccc2Br)c(Cl)n1. The third kappa shape index (κ3) is 2.11. The van der Waals surface area contributed by atoms with Crippen LogP contribution in [-0.4, -0.2) is 9.97 Å². The van der Waals surface area contributed by atoms with Gasteiger partial charge in [-0.3, -0.25) is 0 Å². The maximum Gasteiger partial charge on any atom is 0.221 e. The van der Waals surface area contributed by atoms with Crippen LogP contribution in [0.2, 0.25) is 5.15 Å². The summed E-state index contributed by atoms with van der Waals surface area (Å²) in [5.41, 5.74) is 7.13. The van der Waals surface area contributed by atoms with Crippen LogP contribution in [0.5, 0.6) is 0 Å². The van der Waals surface area contributed by atoms with E-state index < -0.39 is 0 Å². The molecule has 0 aliphatic carbocycles. The van der Waals surface area contributed by atoms with E-state index in [9.17, 15) is 0 Å². The van der Waals surface area contributed by atoms with Crippen LogP contribution in [0, 0.1) is 0 Å². The van der Waals surface area contributed by atoms with Gasteiger partial charge in [0.05, 0.1) is 0 Å². The molecule has 0 radical (unpaired) electrons. The quantitative estimate of drug-likeness (QED) is 0.819. The number of halogens is 2. The lowest BCUT2D eigenvalue weighted by molar-refractivity contribution is 1.19. The Morgan fingerprint density at radius 1 is 1.20 bits per heavy atom. The van der Waals surface area contributed by atoms with E-state index in [2.05, 4.69) is 25.9 Å². The second-order valence-corrected chi connectivity index (χ2v) is 4.12. The predicted octanol–water partition coefficient (Wildman–Crippen LogP) is 3.14. The van der Waals surface area contributed by atoms with Crippen molar-refractivity contribution in [2.75, 3.05) is 5.73 Å². The van der Waals surface area contributed by atoms with E-state index in [0.29, 0.717) is 5.15 Å². The van der Waals surface area contributed by atoms with Gasteiger partial charge < -0.3 is 5.73 Å². The van der Waals surface area contributed by atoms with E-state index in [0.717, 1.165) is 15.6 Å². The molecule has 15 heavy (non-hydrogen) atoms. The number of hydrogen-bond acceptors (Lipinski definition) is 3. The van der Waals surface area contributed by atoms with Crippen LogP contribution in [0.4, 0.5) is 5.95 Å². The Morgan fingerprint density at radius 2 is 1.93 bits per heavy atom. The number of benzene rings is 1. The minimum absolute atomic E-state index is 0.177. The maximum atomic E-state index is 5.98. The maximum absolute atomic E-state index is 5.98. The molecule has 0 unspecified atom stereocenters. The smallest absolute Gasteiger partial charge is 0.221 e. The van der Waals surface area contributed by atoms with Gasteiger partial charge in [0.15, 0.2) is 0 Å². The van der Waals surface area contributed by atoms with E-state index in [4.69, 9.17) is 17.3 Å². The standard InChI is InChI=1S/C10H7BrClN3/c11-8-4-2-1-3-6(8)7-5-14-10(13)15-9(7)12/h1-5H,(H2,13,14,15). The first-order chi connectivity index (χ1) is 7.18. The number of rotatable bonds is 1. The first-order valence-electron chi connectivity index (χ1n) is 4.21. The highest BCUT2D eigenvalue weighted by atomic mass is 79.9. The Balaban J connectivity index is 2.60. The monoisotopic (exact) mass is 283 g/mol. The van der Waals surface area contributed by atoms with Gasteiger partial charge in [0, 0.05) is 21.8 Å². The summed E-state index contributed by atoms with van der Waals surface area (Å²) >= 11 is 9.42. The molecule has 0 amide bonds. The molecule has 5 heteroatoms. The molecule has 1 aromatic carbocycles. The zero-order chi connectivity index (χ0) is 10.8. The van der Waals surface area contributed by atoms with E-state index in [1.807, 2.05) is 24.3 Å². The van der Waals surface area contributed by atoms with Crippen molar-refractivity contribution in [2.45, 2.75) is 0 Å². The van der Waals surface area contributed by atoms with Crippen molar-refractivity contribution in [1.82, 2.24) is 9.97 Å². The van der Waals surface area contributed by atoms with Crippen LogP contribution in [0.15, 0.2) is 34.9 Å². The Morgan fingerprint density at radius 3 is 2.60 bits per heavy atom. The molecule has 2 aromatic rings. The highest BCUT2D eigenvalue weighted by Crippen LogP contribution is 2.31. The summed E-state index contributed by atoms with van der Waals surface area (Å²) in [7, 11) is 0. The van der Waals surface area contributed by atoms with Crippen molar-refractivity contribution in [3.63, 3.8) is 0 Å². The third-order valence-electron chi connectivity index (χ3n) is 1.92. The molecule has 0 bridgehead atoms. The van der Waals surface area contributed by atoms with Crippen LogP contribution < -0.4 is 5.73 Å². The van der Waals surface area contributed by atoms with Gasteiger partial charge in [0.2, 0.25) is 5.95 Å². The summed E-state index contributed by atoms with van der Waals surface area (Å²) in [5.74, 6) is 0.177.